The number of nitrogens with zero attached hydrogens (tertiary/aromatic N) is 4. The fourth-order valence-corrected chi connectivity index (χ4v) is 2.37. The van der Waals surface area contributed by atoms with Gasteiger partial charge in [-0.15, -0.1) is 5.11 Å². The van der Waals surface area contributed by atoms with Crippen LogP contribution >= 0.6 is 0 Å². The molecule has 0 bridgehead atoms. The molecule has 2 aromatic rings. The van der Waals surface area contributed by atoms with Crippen molar-refractivity contribution in [2.45, 2.75) is 6.92 Å². The highest BCUT2D eigenvalue weighted by Crippen LogP contribution is 2.33. The van der Waals surface area contributed by atoms with E-state index in [0.717, 1.165) is 18.8 Å². The number of anilines is 1. The fourth-order valence-electron chi connectivity index (χ4n) is 2.37. The van der Waals surface area contributed by atoms with Gasteiger partial charge in [-0.3, -0.25) is 10.1 Å². The van der Waals surface area contributed by atoms with Crippen molar-refractivity contribution in [3.8, 4) is 5.75 Å². The summed E-state index contributed by atoms with van der Waals surface area (Å²) in [6, 6.07) is 11.6. The summed E-state index contributed by atoms with van der Waals surface area (Å²) in [5, 5.41) is 19.0. The van der Waals surface area contributed by atoms with E-state index in [2.05, 4.69) is 22.1 Å². The van der Waals surface area contributed by atoms with Crippen molar-refractivity contribution in [1.82, 2.24) is 0 Å². The van der Waals surface area contributed by atoms with E-state index >= 15 is 0 Å². The number of likely N-dealkylation sites (N-methyl/N-ethyl adjacent to an activating group) is 1. The highest BCUT2D eigenvalue weighted by Gasteiger charge is 2.09. The average molecular weight is 358 g/mol. The van der Waals surface area contributed by atoms with Crippen molar-refractivity contribution in [2.24, 2.45) is 10.2 Å². The van der Waals surface area contributed by atoms with Crippen molar-refractivity contribution in [3.05, 3.63) is 52.6 Å². The lowest BCUT2D eigenvalue weighted by Crippen LogP contribution is -2.26. The van der Waals surface area contributed by atoms with Gasteiger partial charge in [-0.25, -0.2) is 0 Å². The second-order valence-corrected chi connectivity index (χ2v) is 5.40. The molecule has 0 aliphatic heterocycles. The Balaban J connectivity index is 2.19. The highest BCUT2D eigenvalue weighted by atomic mass is 16.6. The van der Waals surface area contributed by atoms with E-state index in [-0.39, 0.29) is 5.69 Å². The van der Waals surface area contributed by atoms with Gasteiger partial charge in [-0.2, -0.15) is 5.11 Å². The Hall–Kier alpha value is -3.00. The van der Waals surface area contributed by atoms with Crippen LogP contribution in [0.5, 0.6) is 5.75 Å². The molecule has 0 heterocycles. The van der Waals surface area contributed by atoms with Crippen molar-refractivity contribution < 1.29 is 14.4 Å². The summed E-state index contributed by atoms with van der Waals surface area (Å²) in [4.78, 5) is 12.4. The van der Waals surface area contributed by atoms with E-state index in [4.69, 9.17) is 9.47 Å². The van der Waals surface area contributed by atoms with Crippen LogP contribution in [0.1, 0.15) is 6.92 Å². The van der Waals surface area contributed by atoms with Crippen LogP contribution in [0.15, 0.2) is 52.7 Å². The monoisotopic (exact) mass is 358 g/mol. The van der Waals surface area contributed by atoms with Crippen molar-refractivity contribution >= 4 is 22.7 Å². The molecule has 0 atom stereocenters. The largest absolute Gasteiger partial charge is 0.494 e. The summed E-state index contributed by atoms with van der Waals surface area (Å²) in [6.45, 7) is 4.33. The predicted molar refractivity (Wildman–Crippen MR) is 100 cm³/mol. The molecule has 0 N–H and O–H groups in total. The van der Waals surface area contributed by atoms with Crippen molar-refractivity contribution in [1.29, 1.82) is 0 Å². The van der Waals surface area contributed by atoms with E-state index in [1.165, 1.54) is 12.1 Å². The minimum Gasteiger partial charge on any atom is -0.494 e. The molecule has 0 unspecified atom stereocenters. The van der Waals surface area contributed by atoms with E-state index in [1.54, 1.807) is 26.4 Å². The summed E-state index contributed by atoms with van der Waals surface area (Å²) in [5.74, 6) is 0.601. The van der Waals surface area contributed by atoms with Crippen LogP contribution in [0.4, 0.5) is 22.7 Å². The van der Waals surface area contributed by atoms with Crippen LogP contribution in [-0.2, 0) is 4.74 Å². The zero-order valence-electron chi connectivity index (χ0n) is 15.1. The molecule has 138 valence electrons. The Morgan fingerprint density at radius 1 is 1.12 bits per heavy atom. The number of benzene rings is 2. The fraction of sp³-hybridized carbons (Fsp3) is 0.333. The second kappa shape index (κ2) is 9.47. The molecule has 0 amide bonds. The van der Waals surface area contributed by atoms with Gasteiger partial charge in [0, 0.05) is 44.1 Å². The molecule has 0 saturated heterocycles. The summed E-state index contributed by atoms with van der Waals surface area (Å²) in [5.41, 5.74) is 2.13. The Kier molecular flexibility index (Phi) is 7.04. The van der Waals surface area contributed by atoms with Crippen molar-refractivity contribution in [3.63, 3.8) is 0 Å². The minimum absolute atomic E-state index is 0.0154. The topological polar surface area (TPSA) is 89.6 Å². The maximum Gasteiger partial charge on any atom is 0.269 e. The van der Waals surface area contributed by atoms with Crippen LogP contribution in [0, 0.1) is 10.1 Å². The second-order valence-electron chi connectivity index (χ2n) is 5.40. The third-order valence-electron chi connectivity index (χ3n) is 3.81. The molecular formula is C18H22N4O4. The Morgan fingerprint density at radius 3 is 2.42 bits per heavy atom. The molecule has 0 fully saturated rings. The summed E-state index contributed by atoms with van der Waals surface area (Å²) in [6.07, 6.45) is 0. The predicted octanol–water partition coefficient (Wildman–Crippen LogP) is 4.49. The van der Waals surface area contributed by atoms with Crippen LogP contribution < -0.4 is 9.64 Å². The minimum atomic E-state index is -0.453. The molecule has 0 saturated carbocycles. The maximum atomic E-state index is 10.7. The first-order valence-electron chi connectivity index (χ1n) is 8.17. The Labute approximate surface area is 152 Å². The van der Waals surface area contributed by atoms with Crippen LogP contribution in [0.3, 0.4) is 0 Å². The lowest BCUT2D eigenvalue weighted by atomic mass is 10.2. The first kappa shape index (κ1) is 19.3. The van der Waals surface area contributed by atoms with E-state index in [0.29, 0.717) is 23.7 Å². The summed E-state index contributed by atoms with van der Waals surface area (Å²) >= 11 is 0. The number of non-ortho nitro benzene ring substituents is 1. The quantitative estimate of drug-likeness (QED) is 0.374. The van der Waals surface area contributed by atoms with E-state index < -0.39 is 4.92 Å². The standard InChI is InChI=1S/C18H22N4O4/c1-4-21(11-12-25-2)16-9-10-17(18(13-16)26-3)20-19-14-5-7-15(8-6-14)22(23)24/h5-10,13H,4,11-12H2,1-3H3/b20-19+. The molecule has 2 aromatic carbocycles. The highest BCUT2D eigenvalue weighted by molar-refractivity contribution is 5.62. The molecule has 0 aliphatic carbocycles. The molecular weight excluding hydrogens is 336 g/mol. The van der Waals surface area contributed by atoms with Gasteiger partial charge < -0.3 is 14.4 Å². The number of ether oxygens (including phenoxy) is 2. The van der Waals surface area contributed by atoms with Crippen LogP contribution in [0.25, 0.3) is 0 Å². The molecule has 0 radical (unpaired) electrons. The lowest BCUT2D eigenvalue weighted by molar-refractivity contribution is -0.384. The smallest absolute Gasteiger partial charge is 0.269 e. The molecule has 2 rings (SSSR count). The van der Waals surface area contributed by atoms with Gasteiger partial charge in [0.05, 0.1) is 24.3 Å². The summed E-state index contributed by atoms with van der Waals surface area (Å²) in [7, 11) is 3.26. The van der Waals surface area contributed by atoms with E-state index in [9.17, 15) is 10.1 Å². The van der Waals surface area contributed by atoms with E-state index in [1.807, 2.05) is 18.2 Å². The first-order valence-corrected chi connectivity index (χ1v) is 8.17. The first-order chi connectivity index (χ1) is 12.6. The molecule has 8 heteroatoms. The SMILES string of the molecule is CCN(CCOC)c1ccc(/N=N/c2ccc([N+](=O)[O-])cc2)c(OC)c1. The molecule has 26 heavy (non-hydrogen) atoms. The number of nitro groups is 1. The van der Waals surface area contributed by atoms with Gasteiger partial charge >= 0.3 is 0 Å². The third kappa shape index (κ3) is 5.00. The number of hydrogen-bond donors (Lipinski definition) is 0. The van der Waals surface area contributed by atoms with Crippen LogP contribution in [0.2, 0.25) is 0 Å². The Morgan fingerprint density at radius 2 is 1.85 bits per heavy atom. The zero-order valence-corrected chi connectivity index (χ0v) is 15.1. The third-order valence-corrected chi connectivity index (χ3v) is 3.81. The van der Waals surface area contributed by atoms with Crippen LogP contribution in [-0.4, -0.2) is 38.8 Å². The normalized spacial score (nSPS) is 10.9. The number of rotatable bonds is 9. The van der Waals surface area contributed by atoms with Gasteiger partial charge in [0.25, 0.3) is 5.69 Å². The number of nitro benzene ring substituents is 1. The maximum absolute atomic E-state index is 10.7. The summed E-state index contributed by atoms with van der Waals surface area (Å²) < 4.78 is 10.6. The molecule has 0 aliphatic rings. The molecule has 0 aromatic heterocycles. The van der Waals surface area contributed by atoms with Gasteiger partial charge in [0.2, 0.25) is 0 Å². The van der Waals surface area contributed by atoms with Gasteiger partial charge in [0.15, 0.2) is 0 Å². The van der Waals surface area contributed by atoms with Gasteiger partial charge in [-0.1, -0.05) is 0 Å². The van der Waals surface area contributed by atoms with Gasteiger partial charge in [-0.05, 0) is 31.2 Å². The lowest BCUT2D eigenvalue weighted by Gasteiger charge is -2.23. The number of methoxy groups -OCH3 is 2. The number of azo groups is 1. The number of hydrogen-bond acceptors (Lipinski definition) is 7. The molecule has 0 spiro atoms. The van der Waals surface area contributed by atoms with Crippen molar-refractivity contribution in [2.75, 3.05) is 38.8 Å². The van der Waals surface area contributed by atoms with Gasteiger partial charge in [0.1, 0.15) is 11.4 Å². The Bertz CT molecular complexity index is 762. The molecule has 8 nitrogen and oxygen atoms in total. The zero-order chi connectivity index (χ0) is 18.9. The average Bonchev–Trinajstić information content (AvgIpc) is 2.67.